The number of hydrogen-bond donors (Lipinski definition) is 1. The Bertz CT molecular complexity index is 484. The average molecular weight is 302 g/mol. The third kappa shape index (κ3) is 4.34. The van der Waals surface area contributed by atoms with E-state index in [2.05, 4.69) is 6.92 Å². The molecular formula is C20H30O2. The Morgan fingerprint density at radius 1 is 1.14 bits per heavy atom. The first-order valence-corrected chi connectivity index (χ1v) is 9.01. The lowest BCUT2D eigenvalue weighted by Crippen LogP contribution is -2.13. The Balaban J connectivity index is 1.91. The van der Waals surface area contributed by atoms with Crippen LogP contribution in [0.3, 0.4) is 0 Å². The van der Waals surface area contributed by atoms with Crippen molar-refractivity contribution >= 4 is 5.78 Å². The van der Waals surface area contributed by atoms with Gasteiger partial charge in [-0.05, 0) is 55.2 Å². The molecule has 0 radical (unpaired) electrons. The van der Waals surface area contributed by atoms with Crippen molar-refractivity contribution in [3.8, 4) is 5.75 Å². The molecule has 122 valence electrons. The standard InChI is InChI=1S/C20H30O2/c1-3-5-6-7-15-8-10-16(11-9-15)17-12-13-18(19(21)4-2)20(22)14-17/h12-16,22H,3-11H2,1-2H3. The minimum Gasteiger partial charge on any atom is -0.507 e. The van der Waals surface area contributed by atoms with Gasteiger partial charge in [0.05, 0.1) is 5.56 Å². The van der Waals surface area contributed by atoms with Crippen molar-refractivity contribution in [2.45, 2.75) is 77.6 Å². The molecule has 1 aromatic rings. The van der Waals surface area contributed by atoms with Gasteiger partial charge in [0.2, 0.25) is 0 Å². The fraction of sp³-hybridized carbons (Fsp3) is 0.650. The van der Waals surface area contributed by atoms with E-state index < -0.39 is 0 Å². The maximum absolute atomic E-state index is 11.7. The van der Waals surface area contributed by atoms with Gasteiger partial charge in [0.15, 0.2) is 5.78 Å². The van der Waals surface area contributed by atoms with Crippen LogP contribution in [0, 0.1) is 5.92 Å². The molecule has 1 aliphatic rings. The highest BCUT2D eigenvalue weighted by atomic mass is 16.3. The van der Waals surface area contributed by atoms with Gasteiger partial charge in [0.1, 0.15) is 5.75 Å². The summed E-state index contributed by atoms with van der Waals surface area (Å²) in [6, 6.07) is 5.68. The SMILES string of the molecule is CCCCCC1CCC(c2ccc(C(=O)CC)c(O)c2)CC1. The number of ketones is 1. The topological polar surface area (TPSA) is 37.3 Å². The summed E-state index contributed by atoms with van der Waals surface area (Å²) >= 11 is 0. The Morgan fingerprint density at radius 2 is 1.86 bits per heavy atom. The van der Waals surface area contributed by atoms with Crippen molar-refractivity contribution in [2.24, 2.45) is 5.92 Å². The van der Waals surface area contributed by atoms with E-state index >= 15 is 0 Å². The zero-order valence-electron chi connectivity index (χ0n) is 14.1. The molecule has 1 saturated carbocycles. The maximum atomic E-state index is 11.7. The number of hydrogen-bond acceptors (Lipinski definition) is 2. The van der Waals surface area contributed by atoms with Crippen LogP contribution in [0.5, 0.6) is 5.75 Å². The van der Waals surface area contributed by atoms with Gasteiger partial charge in [0, 0.05) is 6.42 Å². The monoisotopic (exact) mass is 302 g/mol. The quantitative estimate of drug-likeness (QED) is 0.507. The van der Waals surface area contributed by atoms with Crippen molar-refractivity contribution in [3.05, 3.63) is 29.3 Å². The van der Waals surface area contributed by atoms with E-state index in [1.807, 2.05) is 25.1 Å². The third-order valence-corrected chi connectivity index (χ3v) is 5.18. The number of rotatable bonds is 7. The number of phenolic OH excluding ortho intramolecular Hbond substituents is 1. The zero-order valence-corrected chi connectivity index (χ0v) is 14.1. The number of phenols is 1. The number of benzene rings is 1. The zero-order chi connectivity index (χ0) is 15.9. The van der Waals surface area contributed by atoms with Crippen LogP contribution < -0.4 is 0 Å². The van der Waals surface area contributed by atoms with Gasteiger partial charge in [-0.3, -0.25) is 4.79 Å². The van der Waals surface area contributed by atoms with Crippen LogP contribution in [0.4, 0.5) is 0 Å². The molecule has 0 amide bonds. The van der Waals surface area contributed by atoms with Gasteiger partial charge < -0.3 is 5.11 Å². The first-order chi connectivity index (χ1) is 10.7. The lowest BCUT2D eigenvalue weighted by atomic mass is 9.77. The molecular weight excluding hydrogens is 272 g/mol. The van der Waals surface area contributed by atoms with Crippen LogP contribution in [0.15, 0.2) is 18.2 Å². The fourth-order valence-corrected chi connectivity index (χ4v) is 3.70. The Morgan fingerprint density at radius 3 is 2.45 bits per heavy atom. The summed E-state index contributed by atoms with van der Waals surface area (Å²) in [5.74, 6) is 1.63. The number of aromatic hydroxyl groups is 1. The molecule has 0 aromatic heterocycles. The summed E-state index contributed by atoms with van der Waals surface area (Å²) in [5.41, 5.74) is 1.68. The molecule has 0 aliphatic heterocycles. The van der Waals surface area contributed by atoms with Crippen LogP contribution >= 0.6 is 0 Å². The van der Waals surface area contributed by atoms with E-state index in [1.165, 1.54) is 56.9 Å². The normalized spacial score (nSPS) is 21.7. The lowest BCUT2D eigenvalue weighted by Gasteiger charge is -2.29. The van der Waals surface area contributed by atoms with Crippen LogP contribution in [-0.2, 0) is 0 Å². The van der Waals surface area contributed by atoms with E-state index in [9.17, 15) is 9.90 Å². The van der Waals surface area contributed by atoms with Gasteiger partial charge >= 0.3 is 0 Å². The molecule has 1 aliphatic carbocycles. The van der Waals surface area contributed by atoms with Crippen LogP contribution in [0.2, 0.25) is 0 Å². The molecule has 1 aromatic carbocycles. The van der Waals surface area contributed by atoms with E-state index in [1.54, 1.807) is 0 Å². The highest BCUT2D eigenvalue weighted by molar-refractivity contribution is 5.98. The molecule has 0 unspecified atom stereocenters. The molecule has 0 saturated heterocycles. The lowest BCUT2D eigenvalue weighted by molar-refractivity contribution is 0.0985. The molecule has 2 rings (SSSR count). The molecule has 0 heterocycles. The minimum atomic E-state index is 0.0173. The molecule has 0 atom stereocenters. The molecule has 2 heteroatoms. The predicted octanol–water partition coefficient (Wildman–Crippen LogP) is 5.84. The maximum Gasteiger partial charge on any atom is 0.166 e. The first-order valence-electron chi connectivity index (χ1n) is 9.01. The van der Waals surface area contributed by atoms with Crippen molar-refractivity contribution < 1.29 is 9.90 Å². The molecule has 22 heavy (non-hydrogen) atoms. The Labute approximate surface area is 134 Å². The Kier molecular flexibility index (Phi) is 6.48. The molecule has 0 spiro atoms. The second-order valence-corrected chi connectivity index (χ2v) is 6.77. The minimum absolute atomic E-state index is 0.0173. The van der Waals surface area contributed by atoms with Gasteiger partial charge in [-0.15, -0.1) is 0 Å². The second-order valence-electron chi connectivity index (χ2n) is 6.77. The predicted molar refractivity (Wildman–Crippen MR) is 91.6 cm³/mol. The summed E-state index contributed by atoms with van der Waals surface area (Å²) in [6.07, 6.45) is 10.9. The van der Waals surface area contributed by atoms with E-state index in [0.717, 1.165) is 5.92 Å². The summed E-state index contributed by atoms with van der Waals surface area (Å²) in [6.45, 7) is 4.09. The van der Waals surface area contributed by atoms with Crippen molar-refractivity contribution in [2.75, 3.05) is 0 Å². The summed E-state index contributed by atoms with van der Waals surface area (Å²) in [4.78, 5) is 11.7. The summed E-state index contributed by atoms with van der Waals surface area (Å²) < 4.78 is 0. The summed E-state index contributed by atoms with van der Waals surface area (Å²) in [7, 11) is 0. The highest BCUT2D eigenvalue weighted by Crippen LogP contribution is 2.39. The Hall–Kier alpha value is -1.31. The van der Waals surface area contributed by atoms with Gasteiger partial charge in [-0.2, -0.15) is 0 Å². The van der Waals surface area contributed by atoms with Crippen LogP contribution in [0.1, 0.15) is 93.5 Å². The molecule has 2 nitrogen and oxygen atoms in total. The number of unbranched alkanes of at least 4 members (excludes halogenated alkanes) is 2. The van der Waals surface area contributed by atoms with Crippen molar-refractivity contribution in [1.82, 2.24) is 0 Å². The van der Waals surface area contributed by atoms with E-state index in [-0.39, 0.29) is 11.5 Å². The summed E-state index contributed by atoms with van der Waals surface area (Å²) in [5, 5.41) is 10.1. The number of carbonyl (C=O) groups excluding carboxylic acids is 1. The number of Topliss-reactive ketones (excluding diaryl/α,β-unsaturated/α-hetero) is 1. The average Bonchev–Trinajstić information content (AvgIpc) is 2.55. The molecule has 1 N–H and O–H groups in total. The van der Waals surface area contributed by atoms with Crippen LogP contribution in [-0.4, -0.2) is 10.9 Å². The molecule has 1 fully saturated rings. The van der Waals surface area contributed by atoms with E-state index in [0.29, 0.717) is 17.9 Å². The van der Waals surface area contributed by atoms with E-state index in [4.69, 9.17) is 0 Å². The smallest absolute Gasteiger partial charge is 0.166 e. The number of carbonyl (C=O) groups is 1. The molecule has 0 bridgehead atoms. The second kappa shape index (κ2) is 8.36. The van der Waals surface area contributed by atoms with Crippen LogP contribution in [0.25, 0.3) is 0 Å². The highest BCUT2D eigenvalue weighted by Gasteiger charge is 2.23. The van der Waals surface area contributed by atoms with Gasteiger partial charge in [0.25, 0.3) is 0 Å². The van der Waals surface area contributed by atoms with Gasteiger partial charge in [-0.1, -0.05) is 45.6 Å². The van der Waals surface area contributed by atoms with Crippen molar-refractivity contribution in [3.63, 3.8) is 0 Å². The fourth-order valence-electron chi connectivity index (χ4n) is 3.70. The largest absolute Gasteiger partial charge is 0.507 e. The third-order valence-electron chi connectivity index (χ3n) is 5.18. The first kappa shape index (κ1) is 17.1. The van der Waals surface area contributed by atoms with Crippen molar-refractivity contribution in [1.29, 1.82) is 0 Å². The van der Waals surface area contributed by atoms with Gasteiger partial charge in [-0.25, -0.2) is 0 Å².